The number of Topliss-reactive ketones (excluding diaryl/α,β-unsaturated/α-hetero) is 1. The van der Waals surface area contributed by atoms with Crippen LogP contribution in [0.1, 0.15) is 122 Å². The summed E-state index contributed by atoms with van der Waals surface area (Å²) in [4.78, 5) is 47.1. The summed E-state index contributed by atoms with van der Waals surface area (Å²) >= 11 is 0. The molecule has 13 rings (SSSR count). The molecule has 19 atom stereocenters. The van der Waals surface area contributed by atoms with E-state index >= 15 is 4.79 Å². The first kappa shape index (κ1) is 41.4. The minimum Gasteiger partial charge on any atom is -0.469 e. The first-order chi connectivity index (χ1) is 30.8. The van der Waals surface area contributed by atoms with E-state index in [1.54, 1.807) is 6.26 Å². The van der Waals surface area contributed by atoms with Gasteiger partial charge < -0.3 is 43.6 Å². The Bertz CT molecular complexity index is 2170. The van der Waals surface area contributed by atoms with Crippen LogP contribution in [-0.2, 0) is 39.8 Å². The highest BCUT2D eigenvalue weighted by Crippen LogP contribution is 2.83. The molecule has 6 aliphatic heterocycles. The van der Waals surface area contributed by atoms with Gasteiger partial charge in [-0.15, -0.1) is 0 Å². The third-order valence-electron chi connectivity index (χ3n) is 21.5. The van der Waals surface area contributed by atoms with E-state index in [1.165, 1.54) is 0 Å². The largest absolute Gasteiger partial charge is 0.469 e. The van der Waals surface area contributed by atoms with E-state index in [0.29, 0.717) is 68.2 Å². The van der Waals surface area contributed by atoms with Crippen molar-refractivity contribution in [3.63, 3.8) is 0 Å². The number of esters is 2. The van der Waals surface area contributed by atoms with Crippen molar-refractivity contribution >= 4 is 17.7 Å². The quantitative estimate of drug-likeness (QED) is 0.230. The molecular weight excluding hydrogens is 817 g/mol. The zero-order chi connectivity index (χ0) is 43.9. The van der Waals surface area contributed by atoms with E-state index in [0.717, 1.165) is 75.9 Å². The number of ketones is 1. The predicted octanol–water partition coefficient (Wildman–Crippen LogP) is 5.00. The van der Waals surface area contributed by atoms with Crippen molar-refractivity contribution in [1.29, 1.82) is 0 Å². The Balaban J connectivity index is 0.900. The van der Waals surface area contributed by atoms with E-state index in [2.05, 4.69) is 29.4 Å². The minimum absolute atomic E-state index is 0.00399. The van der Waals surface area contributed by atoms with E-state index < -0.39 is 75.3 Å². The van der Waals surface area contributed by atoms with E-state index in [-0.39, 0.29) is 48.6 Å². The SMILES string of the molecule is CC1(C)OC2C3(CCC(CO)C3)C(=O)OCC23C1C(=O)C(O)C1(C2CCCC2)C3CCC2(C)C(c3ccoc3CC3C(O)CCC4CC5C(C=CN6CNCC56)CC43)OC(=O)C3OC321. The van der Waals surface area contributed by atoms with Crippen LogP contribution in [0.25, 0.3) is 0 Å². The van der Waals surface area contributed by atoms with Crippen LogP contribution in [-0.4, -0.2) is 106 Å². The van der Waals surface area contributed by atoms with Crippen LogP contribution in [0.15, 0.2) is 29.0 Å². The van der Waals surface area contributed by atoms with Gasteiger partial charge in [-0.2, -0.15) is 0 Å². The Morgan fingerprint density at radius 1 is 0.938 bits per heavy atom. The number of rotatable bonds is 5. The minimum atomic E-state index is -1.44. The van der Waals surface area contributed by atoms with E-state index in [1.807, 2.05) is 19.9 Å². The number of hydrogen-bond acceptors (Lipinski definition) is 13. The molecule has 0 aromatic carbocycles. The first-order valence-corrected chi connectivity index (χ1v) is 25.2. The van der Waals surface area contributed by atoms with Crippen LogP contribution in [0, 0.1) is 74.9 Å². The molecule has 19 unspecified atom stereocenters. The van der Waals surface area contributed by atoms with Crippen LogP contribution in [0.5, 0.6) is 0 Å². The van der Waals surface area contributed by atoms with Crippen LogP contribution in [0.3, 0.4) is 0 Å². The zero-order valence-electron chi connectivity index (χ0n) is 37.8. The molecule has 0 amide bonds. The third-order valence-corrected chi connectivity index (χ3v) is 21.5. The fourth-order valence-corrected chi connectivity index (χ4v) is 19.3. The second-order valence-corrected chi connectivity index (χ2v) is 24.0. The molecule has 5 saturated heterocycles. The lowest BCUT2D eigenvalue weighted by atomic mass is 9.32. The summed E-state index contributed by atoms with van der Waals surface area (Å²) in [6.45, 7) is 7.92. The van der Waals surface area contributed by atoms with Gasteiger partial charge in [-0.3, -0.25) is 14.9 Å². The number of cyclic esters (lactones) is 2. The van der Waals surface area contributed by atoms with Crippen LogP contribution >= 0.6 is 0 Å². The normalized spacial score (nSPS) is 53.0. The Kier molecular flexibility index (Phi) is 8.84. The van der Waals surface area contributed by atoms with Crippen LogP contribution in [0.4, 0.5) is 0 Å². The van der Waals surface area contributed by atoms with Crippen LogP contribution < -0.4 is 5.32 Å². The third kappa shape index (κ3) is 4.85. The number of fused-ring (bicyclic) bond motifs is 6. The Hall–Kier alpha value is -2.81. The molecule has 64 heavy (non-hydrogen) atoms. The molecule has 13 nitrogen and oxygen atoms in total. The summed E-state index contributed by atoms with van der Waals surface area (Å²) in [7, 11) is 0. The van der Waals surface area contributed by atoms with E-state index in [9.17, 15) is 24.9 Å². The van der Waals surface area contributed by atoms with Gasteiger partial charge in [-0.05, 0) is 144 Å². The van der Waals surface area contributed by atoms with Gasteiger partial charge in [-0.1, -0.05) is 25.8 Å². The van der Waals surface area contributed by atoms with Crippen molar-refractivity contribution < 1.29 is 53.1 Å². The van der Waals surface area contributed by atoms with Crippen molar-refractivity contribution in [2.45, 2.75) is 158 Å². The van der Waals surface area contributed by atoms with E-state index in [4.69, 9.17) is 23.4 Å². The average Bonchev–Trinajstić information content (AvgIpc) is 3.93. The standard InChI is InChI=1S/C51H68N2O11/c1-46(2)39-38(56)40(57)50(29-6-4-5-7-29)37(49(39)24-61-45(59)48(44(49)64-46)15-10-26(21-48)23-54)11-14-47(3)41(62-43(58)42-51(47,50)63-42)30-13-17-60-36(30)20-33-31-18-28-12-16-53-25-52-22-34(53)32(28)19-27(31)8-9-35(33)55/h12-13,16-17,26-29,31-35,37,39-42,44,52,54-55,57H,4-11,14-15,18-25H2,1-3H3. The summed E-state index contributed by atoms with van der Waals surface area (Å²) < 4.78 is 33.7. The maximum atomic E-state index is 15.7. The monoisotopic (exact) mass is 884 g/mol. The molecule has 0 radical (unpaired) electrons. The van der Waals surface area contributed by atoms with Gasteiger partial charge in [0.25, 0.3) is 0 Å². The highest BCUT2D eigenvalue weighted by molar-refractivity contribution is 5.93. The second-order valence-electron chi connectivity index (χ2n) is 24.0. The summed E-state index contributed by atoms with van der Waals surface area (Å²) in [5.74, 6) is 0.231. The average molecular weight is 885 g/mol. The van der Waals surface area contributed by atoms with Gasteiger partial charge in [0, 0.05) is 47.4 Å². The number of ether oxygens (including phenoxy) is 4. The van der Waals surface area contributed by atoms with Crippen LogP contribution in [0.2, 0.25) is 0 Å². The van der Waals surface area contributed by atoms with Gasteiger partial charge >= 0.3 is 11.9 Å². The molecule has 0 bridgehead atoms. The maximum Gasteiger partial charge on any atom is 0.339 e. The molecule has 11 fully saturated rings. The zero-order valence-corrected chi connectivity index (χ0v) is 37.8. The molecule has 4 N–H and O–H groups in total. The fourth-order valence-electron chi connectivity index (χ4n) is 19.3. The van der Waals surface area contributed by atoms with Gasteiger partial charge in [0.15, 0.2) is 11.9 Å². The highest BCUT2D eigenvalue weighted by atomic mass is 16.7. The number of nitrogens with zero attached hydrogens (tertiary/aromatic N) is 1. The molecule has 1 aromatic heterocycles. The number of hydrogen-bond donors (Lipinski definition) is 4. The lowest BCUT2D eigenvalue weighted by molar-refractivity contribution is -0.282. The Labute approximate surface area is 375 Å². The number of furan rings is 1. The Morgan fingerprint density at radius 3 is 2.56 bits per heavy atom. The molecule has 12 aliphatic rings. The number of aliphatic hydroxyl groups is 3. The molecule has 3 spiro atoms. The number of nitrogens with one attached hydrogen (secondary N) is 1. The molecule has 1 aromatic rings. The van der Waals surface area contributed by atoms with Gasteiger partial charge in [0.2, 0.25) is 0 Å². The smallest absolute Gasteiger partial charge is 0.339 e. The van der Waals surface area contributed by atoms with Crippen molar-refractivity contribution in [2.75, 3.05) is 26.4 Å². The van der Waals surface area contributed by atoms with Crippen molar-refractivity contribution in [3.05, 3.63) is 35.9 Å². The predicted molar refractivity (Wildman–Crippen MR) is 227 cm³/mol. The lowest BCUT2D eigenvalue weighted by Crippen LogP contribution is -2.79. The second kappa shape index (κ2) is 13.7. The summed E-state index contributed by atoms with van der Waals surface area (Å²) in [6, 6.07) is 2.47. The molecule has 7 heterocycles. The van der Waals surface area contributed by atoms with Crippen molar-refractivity contribution in [2.24, 2.45) is 74.9 Å². The first-order valence-electron chi connectivity index (χ1n) is 25.2. The summed E-state index contributed by atoms with van der Waals surface area (Å²) in [5.41, 5.74) is -5.53. The fraction of sp³-hybridized carbons (Fsp3) is 0.824. The molecule has 6 aliphatic carbocycles. The Morgan fingerprint density at radius 2 is 1.77 bits per heavy atom. The number of epoxide rings is 1. The lowest BCUT2D eigenvalue weighted by Gasteiger charge is -2.70. The number of allylic oxidation sites excluding steroid dienone is 1. The maximum absolute atomic E-state index is 15.7. The highest BCUT2D eigenvalue weighted by Gasteiger charge is 2.93. The number of carbonyl (C=O) groups is 3. The molecule has 348 valence electrons. The molecule has 6 saturated carbocycles. The van der Waals surface area contributed by atoms with Crippen molar-refractivity contribution in [3.8, 4) is 0 Å². The topological polar surface area (TPSA) is 181 Å². The summed E-state index contributed by atoms with van der Waals surface area (Å²) in [5, 5.41) is 39.1. The van der Waals surface area contributed by atoms with Gasteiger partial charge in [-0.25, -0.2) is 4.79 Å². The number of carbonyl (C=O) groups excluding carboxylic acids is 3. The van der Waals surface area contributed by atoms with Crippen molar-refractivity contribution in [1.82, 2.24) is 10.2 Å². The van der Waals surface area contributed by atoms with Gasteiger partial charge in [0.1, 0.15) is 30.2 Å². The summed E-state index contributed by atoms with van der Waals surface area (Å²) in [6.07, 6.45) is 12.8. The van der Waals surface area contributed by atoms with Gasteiger partial charge in [0.05, 0.1) is 42.1 Å². The number of aliphatic hydroxyl groups excluding tert-OH is 3. The molecular formula is C51H68N2O11. The molecule has 13 heteroatoms.